The molecule has 0 saturated carbocycles. The second kappa shape index (κ2) is 3.92. The molecule has 0 amide bonds. The molecule has 0 N–H and O–H groups in total. The Hall–Kier alpha value is -0.530. The van der Waals surface area contributed by atoms with Crippen LogP contribution in [-0.4, -0.2) is 24.8 Å². The monoisotopic (exact) mass is 228 g/mol. The molecule has 8 heteroatoms. The average Bonchev–Trinajstić information content (AvgIpc) is 1.79. The number of rotatable bonds is 4. The second-order valence-corrected chi connectivity index (χ2v) is 2.45. The third-order valence-electron chi connectivity index (χ3n) is 1.17. The summed E-state index contributed by atoms with van der Waals surface area (Å²) in [5.41, 5.74) is 0. The van der Waals surface area contributed by atoms with Gasteiger partial charge in [0, 0.05) is 0 Å². The van der Waals surface area contributed by atoms with Gasteiger partial charge in [0.25, 0.3) is 0 Å². The van der Waals surface area contributed by atoms with Crippen LogP contribution in [0.25, 0.3) is 0 Å². The predicted molar refractivity (Wildman–Crippen MR) is 32.2 cm³/mol. The summed E-state index contributed by atoms with van der Waals surface area (Å²) in [4.78, 5) is 0. The minimum absolute atomic E-state index is 0.805. The lowest BCUT2D eigenvalue weighted by Crippen LogP contribution is -2.45. The zero-order valence-corrected chi connectivity index (χ0v) is 6.97. The minimum atomic E-state index is -5.37. The maximum atomic E-state index is 12.3. The largest absolute Gasteiger partial charge is 0.419 e. The van der Waals surface area contributed by atoms with Gasteiger partial charge in [0.2, 0.25) is 0 Å². The Balaban J connectivity index is 4.59. The van der Waals surface area contributed by atoms with Gasteiger partial charge in [0.15, 0.2) is 0 Å². The van der Waals surface area contributed by atoms with Crippen LogP contribution < -0.4 is 0 Å². The quantitative estimate of drug-likeness (QED) is 0.671. The molecule has 0 aliphatic heterocycles. The van der Waals surface area contributed by atoms with Crippen molar-refractivity contribution in [3.8, 4) is 0 Å². The summed E-state index contributed by atoms with van der Waals surface area (Å²) in [7, 11) is 0. The number of hydrogen-bond acceptors (Lipinski definition) is 1. The molecule has 1 nitrogen and oxygen atoms in total. The smallest absolute Gasteiger partial charge is 0.316 e. The van der Waals surface area contributed by atoms with Gasteiger partial charge in [-0.2, -0.15) is 30.7 Å². The van der Waals surface area contributed by atoms with E-state index in [4.69, 9.17) is 0 Å². The van der Waals surface area contributed by atoms with Crippen LogP contribution in [-0.2, 0) is 4.74 Å². The normalized spacial score (nSPS) is 14.6. The van der Waals surface area contributed by atoms with Crippen LogP contribution in [0.2, 0.25) is 0 Å². The van der Waals surface area contributed by atoms with E-state index in [1.54, 1.807) is 0 Å². The number of halogens is 7. The Kier molecular flexibility index (Phi) is 3.77. The van der Waals surface area contributed by atoms with Crippen molar-refractivity contribution < 1.29 is 35.5 Å². The summed E-state index contributed by atoms with van der Waals surface area (Å²) >= 11 is 0. The Morgan fingerprint density at radius 1 is 0.929 bits per heavy atom. The van der Waals surface area contributed by atoms with Crippen molar-refractivity contribution in [2.45, 2.75) is 31.6 Å². The molecule has 0 aliphatic carbocycles. The Morgan fingerprint density at radius 2 is 1.36 bits per heavy atom. The van der Waals surface area contributed by atoms with Crippen molar-refractivity contribution in [3.05, 3.63) is 0 Å². The fraction of sp³-hybridized carbons (Fsp3) is 1.00. The van der Waals surface area contributed by atoms with Crippen LogP contribution in [0.1, 0.15) is 13.3 Å². The van der Waals surface area contributed by atoms with Gasteiger partial charge in [0.1, 0.15) is 6.42 Å². The van der Waals surface area contributed by atoms with E-state index >= 15 is 0 Å². The van der Waals surface area contributed by atoms with Gasteiger partial charge >= 0.3 is 18.2 Å². The summed E-state index contributed by atoms with van der Waals surface area (Å²) < 4.78 is 86.7. The maximum Gasteiger partial charge on any atom is 0.419 e. The Labute approximate surface area is 74.8 Å². The molecule has 0 heterocycles. The first kappa shape index (κ1) is 13.5. The highest BCUT2D eigenvalue weighted by molar-refractivity contribution is 4.79. The zero-order chi connectivity index (χ0) is 11.6. The van der Waals surface area contributed by atoms with E-state index in [2.05, 4.69) is 4.74 Å². The van der Waals surface area contributed by atoms with Crippen LogP contribution in [0.5, 0.6) is 0 Å². The lowest BCUT2D eigenvalue weighted by Gasteiger charge is -2.26. The molecule has 0 aromatic heterocycles. The van der Waals surface area contributed by atoms with Gasteiger partial charge < -0.3 is 4.74 Å². The van der Waals surface area contributed by atoms with Crippen LogP contribution >= 0.6 is 0 Å². The van der Waals surface area contributed by atoms with Gasteiger partial charge in [-0.15, -0.1) is 0 Å². The summed E-state index contributed by atoms with van der Waals surface area (Å²) in [6.45, 7) is 0.165. The van der Waals surface area contributed by atoms with Crippen LogP contribution in [0, 0.1) is 0 Å². The summed E-state index contributed by atoms with van der Waals surface area (Å²) in [6, 6.07) is 0. The van der Waals surface area contributed by atoms with E-state index < -0.39 is 31.2 Å². The van der Waals surface area contributed by atoms with Crippen molar-refractivity contribution in [1.82, 2.24) is 0 Å². The third kappa shape index (κ3) is 3.69. The fourth-order valence-corrected chi connectivity index (χ4v) is 0.642. The topological polar surface area (TPSA) is 9.23 Å². The highest BCUT2D eigenvalue weighted by atomic mass is 19.4. The van der Waals surface area contributed by atoms with E-state index in [9.17, 15) is 30.7 Å². The summed E-state index contributed by atoms with van der Waals surface area (Å²) in [6.07, 6.45) is -13.4. The molecule has 86 valence electrons. The Bertz CT molecular complexity index is 185. The third-order valence-corrected chi connectivity index (χ3v) is 1.17. The van der Waals surface area contributed by atoms with Crippen molar-refractivity contribution >= 4 is 0 Å². The van der Waals surface area contributed by atoms with E-state index in [1.807, 2.05) is 0 Å². The van der Waals surface area contributed by atoms with E-state index in [0.717, 1.165) is 6.92 Å². The predicted octanol–water partition coefficient (Wildman–Crippen LogP) is 3.20. The van der Waals surface area contributed by atoms with Crippen molar-refractivity contribution in [2.75, 3.05) is 6.61 Å². The summed E-state index contributed by atoms with van der Waals surface area (Å²) in [5.74, 6) is -5.25. The van der Waals surface area contributed by atoms with E-state index in [0.29, 0.717) is 0 Å². The van der Waals surface area contributed by atoms with Gasteiger partial charge in [0.05, 0.1) is 6.61 Å². The van der Waals surface area contributed by atoms with Crippen molar-refractivity contribution in [2.24, 2.45) is 0 Å². The molecule has 0 rings (SSSR count). The number of ether oxygens (including phenoxy) is 1. The standard InChI is InChI=1S/C6H7F7O/c1-2-14-6(12,13)4(7,8)3-5(9,10)11/h2-3H2,1H3. The zero-order valence-electron chi connectivity index (χ0n) is 6.97. The van der Waals surface area contributed by atoms with Crippen LogP contribution in [0.15, 0.2) is 0 Å². The van der Waals surface area contributed by atoms with Gasteiger partial charge in [-0.1, -0.05) is 0 Å². The molecule has 0 fully saturated rings. The SMILES string of the molecule is CCOC(F)(F)C(F)(F)CC(F)(F)F. The molecule has 0 aromatic carbocycles. The molecule has 0 aliphatic rings. The molecule has 0 bridgehead atoms. The first-order valence-corrected chi connectivity index (χ1v) is 3.48. The molecule has 0 spiro atoms. The lowest BCUT2D eigenvalue weighted by atomic mass is 10.2. The maximum absolute atomic E-state index is 12.3. The molecular formula is C6H7F7O. The lowest BCUT2D eigenvalue weighted by molar-refractivity contribution is -0.364. The highest BCUT2D eigenvalue weighted by Crippen LogP contribution is 2.42. The van der Waals surface area contributed by atoms with Gasteiger partial charge in [-0.3, -0.25) is 0 Å². The molecule has 14 heavy (non-hydrogen) atoms. The van der Waals surface area contributed by atoms with E-state index in [1.165, 1.54) is 0 Å². The van der Waals surface area contributed by atoms with Crippen molar-refractivity contribution in [3.63, 3.8) is 0 Å². The molecule has 0 unspecified atom stereocenters. The molecule has 0 saturated heterocycles. The van der Waals surface area contributed by atoms with Crippen molar-refractivity contribution in [1.29, 1.82) is 0 Å². The minimum Gasteiger partial charge on any atom is -0.316 e. The van der Waals surface area contributed by atoms with Crippen LogP contribution in [0.3, 0.4) is 0 Å². The molecule has 0 aromatic rings. The number of alkyl halides is 7. The fourth-order valence-electron chi connectivity index (χ4n) is 0.642. The highest BCUT2D eigenvalue weighted by Gasteiger charge is 2.62. The van der Waals surface area contributed by atoms with Gasteiger partial charge in [-0.25, -0.2) is 0 Å². The average molecular weight is 228 g/mol. The van der Waals surface area contributed by atoms with Gasteiger partial charge in [-0.05, 0) is 6.92 Å². The first-order valence-electron chi connectivity index (χ1n) is 3.48. The molecular weight excluding hydrogens is 221 g/mol. The number of hydrogen-bond donors (Lipinski definition) is 0. The molecule has 0 radical (unpaired) electrons. The molecule has 0 atom stereocenters. The Morgan fingerprint density at radius 3 is 1.64 bits per heavy atom. The first-order chi connectivity index (χ1) is 6.02. The second-order valence-electron chi connectivity index (χ2n) is 2.45. The summed E-state index contributed by atoms with van der Waals surface area (Å²) in [5, 5.41) is 0. The van der Waals surface area contributed by atoms with Crippen LogP contribution in [0.4, 0.5) is 30.7 Å². The van der Waals surface area contributed by atoms with E-state index in [-0.39, 0.29) is 0 Å².